The van der Waals surface area contributed by atoms with E-state index in [9.17, 15) is 14.7 Å². The molecular formula is C38H47N3O8Si. The van der Waals surface area contributed by atoms with Crippen molar-refractivity contribution in [2.75, 3.05) is 26.1 Å². The first-order valence-electron chi connectivity index (χ1n) is 16.6. The van der Waals surface area contributed by atoms with Gasteiger partial charge in [0.05, 0.1) is 20.8 Å². The number of carbonyl (C=O) groups is 1. The summed E-state index contributed by atoms with van der Waals surface area (Å²) < 4.78 is 32.7. The van der Waals surface area contributed by atoms with Crippen LogP contribution in [0, 0.1) is 0 Å². The molecule has 0 unspecified atom stereocenters. The first kappa shape index (κ1) is 36.9. The fourth-order valence-corrected chi connectivity index (χ4v) is 7.21. The van der Waals surface area contributed by atoms with E-state index in [2.05, 4.69) is 44.2 Å². The number of amides is 1. The number of hydrogen-bond acceptors (Lipinski definition) is 9. The molecule has 4 aromatic rings. The molecule has 1 fully saturated rings. The summed E-state index contributed by atoms with van der Waals surface area (Å²) in [5.74, 6) is 1.14. The summed E-state index contributed by atoms with van der Waals surface area (Å²) >= 11 is 0. The van der Waals surface area contributed by atoms with Crippen molar-refractivity contribution in [3.8, 4) is 11.5 Å². The molecule has 1 aliphatic heterocycles. The van der Waals surface area contributed by atoms with Crippen molar-refractivity contribution in [2.24, 2.45) is 0 Å². The third-order valence-corrected chi connectivity index (χ3v) is 14.1. The topological polar surface area (TPSA) is 130 Å². The Morgan fingerprint density at radius 1 is 0.900 bits per heavy atom. The van der Waals surface area contributed by atoms with E-state index in [1.165, 1.54) is 23.8 Å². The summed E-state index contributed by atoms with van der Waals surface area (Å²) in [7, 11) is 0.754. The Kier molecular flexibility index (Phi) is 11.0. The molecule has 0 saturated carbocycles. The third-order valence-electron chi connectivity index (χ3n) is 9.59. The van der Waals surface area contributed by atoms with E-state index >= 15 is 0 Å². The van der Waals surface area contributed by atoms with Crippen molar-refractivity contribution in [1.29, 1.82) is 0 Å². The minimum absolute atomic E-state index is 0.0219. The lowest BCUT2D eigenvalue weighted by Crippen LogP contribution is -2.50. The highest BCUT2D eigenvalue weighted by Crippen LogP contribution is 2.45. The van der Waals surface area contributed by atoms with Crippen LogP contribution < -0.4 is 20.5 Å². The third kappa shape index (κ3) is 7.54. The molecule has 4 atom stereocenters. The van der Waals surface area contributed by atoms with E-state index in [4.69, 9.17) is 23.4 Å². The zero-order chi connectivity index (χ0) is 36.3. The van der Waals surface area contributed by atoms with Gasteiger partial charge in [-0.3, -0.25) is 9.36 Å². The van der Waals surface area contributed by atoms with Crippen molar-refractivity contribution in [3.05, 3.63) is 118 Å². The molecule has 1 amide bonds. The number of aliphatic hydroxyl groups is 1. The van der Waals surface area contributed by atoms with Crippen LogP contribution in [0.25, 0.3) is 0 Å². The van der Waals surface area contributed by atoms with Gasteiger partial charge >= 0.3 is 5.69 Å². The Labute approximate surface area is 294 Å². The van der Waals surface area contributed by atoms with Gasteiger partial charge in [0.2, 0.25) is 5.91 Å². The molecule has 12 heteroatoms. The highest BCUT2D eigenvalue weighted by atomic mass is 28.4. The van der Waals surface area contributed by atoms with Gasteiger partial charge in [-0.1, -0.05) is 75.4 Å². The number of anilines is 1. The van der Waals surface area contributed by atoms with Crippen molar-refractivity contribution in [2.45, 2.75) is 76.0 Å². The Balaban J connectivity index is 1.60. The molecule has 0 aliphatic carbocycles. The van der Waals surface area contributed by atoms with Crippen molar-refractivity contribution >= 4 is 20.0 Å². The lowest BCUT2D eigenvalue weighted by atomic mass is 9.80. The number of methoxy groups -OCH3 is 2. The normalized spacial score (nSPS) is 19.6. The monoisotopic (exact) mass is 701 g/mol. The number of hydrogen-bond donors (Lipinski definition) is 2. The number of aliphatic hydroxyl groups excluding tert-OH is 1. The molecule has 1 aromatic heterocycles. The maximum atomic E-state index is 13.2. The van der Waals surface area contributed by atoms with Crippen LogP contribution in [0.15, 0.2) is 95.9 Å². The summed E-state index contributed by atoms with van der Waals surface area (Å²) in [5, 5.41) is 14.2. The molecule has 0 spiro atoms. The maximum Gasteiger partial charge on any atom is 0.351 e. The van der Waals surface area contributed by atoms with E-state index in [1.807, 2.05) is 78.9 Å². The Morgan fingerprint density at radius 3 is 1.92 bits per heavy atom. The summed E-state index contributed by atoms with van der Waals surface area (Å²) in [6.07, 6.45) is -2.56. The fraction of sp³-hybridized carbons (Fsp3) is 0.395. The lowest BCUT2D eigenvalue weighted by molar-refractivity contribution is -0.114. The smallest absolute Gasteiger partial charge is 0.351 e. The van der Waals surface area contributed by atoms with E-state index in [0.717, 1.165) is 16.7 Å². The van der Waals surface area contributed by atoms with Crippen molar-refractivity contribution in [1.82, 2.24) is 9.55 Å². The summed E-state index contributed by atoms with van der Waals surface area (Å²) in [6, 6.07) is 26.8. The molecule has 266 valence electrons. The van der Waals surface area contributed by atoms with E-state index in [-0.39, 0.29) is 23.4 Å². The lowest BCUT2D eigenvalue weighted by Gasteiger charge is -2.41. The van der Waals surface area contributed by atoms with Gasteiger partial charge in [-0.25, -0.2) is 4.79 Å². The number of rotatable bonds is 12. The summed E-state index contributed by atoms with van der Waals surface area (Å²) in [4.78, 5) is 28.8. The zero-order valence-electron chi connectivity index (χ0n) is 29.9. The first-order valence-corrected chi connectivity index (χ1v) is 19.5. The second-order valence-electron chi connectivity index (χ2n) is 13.9. The molecule has 3 aromatic carbocycles. The number of nitrogens with one attached hydrogen (secondary N) is 1. The average molecular weight is 702 g/mol. The van der Waals surface area contributed by atoms with E-state index in [0.29, 0.717) is 11.5 Å². The molecule has 5 rings (SSSR count). The van der Waals surface area contributed by atoms with Gasteiger partial charge in [-0.2, -0.15) is 4.98 Å². The van der Waals surface area contributed by atoms with Crippen LogP contribution >= 0.6 is 0 Å². The largest absolute Gasteiger partial charge is 0.497 e. The van der Waals surface area contributed by atoms with Crippen LogP contribution in [-0.2, 0) is 24.3 Å². The van der Waals surface area contributed by atoms with Gasteiger partial charge in [0, 0.05) is 13.1 Å². The maximum absolute atomic E-state index is 13.2. The summed E-state index contributed by atoms with van der Waals surface area (Å²) in [5.41, 5.74) is 0.692. The second-order valence-corrected chi connectivity index (χ2v) is 18.7. The van der Waals surface area contributed by atoms with Gasteiger partial charge in [-0.05, 0) is 65.2 Å². The molecule has 0 radical (unpaired) electrons. The molecule has 1 aliphatic rings. The van der Waals surface area contributed by atoms with Crippen LogP contribution in [0.2, 0.25) is 18.1 Å². The summed E-state index contributed by atoms with van der Waals surface area (Å²) in [6.45, 7) is 11.9. The van der Waals surface area contributed by atoms with Crippen LogP contribution in [0.5, 0.6) is 11.5 Å². The number of ether oxygens (including phenoxy) is 4. The highest BCUT2D eigenvalue weighted by Gasteiger charge is 2.51. The number of nitrogens with zero attached hydrogens (tertiary/aromatic N) is 2. The number of benzene rings is 3. The van der Waals surface area contributed by atoms with Crippen molar-refractivity contribution in [3.63, 3.8) is 0 Å². The average Bonchev–Trinajstić information content (AvgIpc) is 3.38. The standard InChI is InChI=1S/C38H47N3O8Si/c1-25(42)39-32-22-23-41(36(44)40-32)35-33(43)34(49-50(7,8)37(2,3)4)31(48-35)24-47-38(26-12-10-9-11-13-26,27-14-18-29(45-5)19-15-27)28-16-20-30(46-6)21-17-28/h9-23,31,33-35,43H,24H2,1-8H3,(H,39,40,42,44)/t31-,33+,34-,35-/m1/s1. The van der Waals surface area contributed by atoms with Crippen molar-refractivity contribution < 1.29 is 33.3 Å². The van der Waals surface area contributed by atoms with Crippen LogP contribution in [0.1, 0.15) is 50.6 Å². The Hall–Kier alpha value is -4.33. The highest BCUT2D eigenvalue weighted by molar-refractivity contribution is 6.74. The van der Waals surface area contributed by atoms with Gasteiger partial charge < -0.3 is 33.8 Å². The van der Waals surface area contributed by atoms with Gasteiger partial charge in [0.15, 0.2) is 14.5 Å². The Bertz CT molecular complexity index is 1760. The first-order chi connectivity index (χ1) is 23.7. The van der Waals surface area contributed by atoms with Crippen LogP contribution in [-0.4, -0.2) is 68.0 Å². The Morgan fingerprint density at radius 2 is 1.44 bits per heavy atom. The van der Waals surface area contributed by atoms with E-state index in [1.54, 1.807) is 14.2 Å². The molecule has 2 heterocycles. The predicted molar refractivity (Wildman–Crippen MR) is 193 cm³/mol. The minimum Gasteiger partial charge on any atom is -0.497 e. The zero-order valence-corrected chi connectivity index (χ0v) is 30.9. The second kappa shape index (κ2) is 14.9. The van der Waals surface area contributed by atoms with Crippen LogP contribution in [0.3, 0.4) is 0 Å². The van der Waals surface area contributed by atoms with E-state index < -0.39 is 44.1 Å². The predicted octanol–water partition coefficient (Wildman–Crippen LogP) is 5.88. The fourth-order valence-electron chi connectivity index (χ4n) is 5.88. The molecule has 0 bridgehead atoms. The molecular weight excluding hydrogens is 655 g/mol. The number of carbonyl (C=O) groups excluding carboxylic acids is 1. The molecule has 11 nitrogen and oxygen atoms in total. The number of aromatic nitrogens is 2. The van der Waals surface area contributed by atoms with Crippen LogP contribution in [0.4, 0.5) is 5.82 Å². The molecule has 2 N–H and O–H groups in total. The quantitative estimate of drug-likeness (QED) is 0.138. The van der Waals surface area contributed by atoms with Gasteiger partial charge in [0.1, 0.15) is 41.2 Å². The molecule has 1 saturated heterocycles. The minimum atomic E-state index is -2.49. The SMILES string of the molecule is COc1ccc(C(OC[C@H]2O[C@@H](n3ccc(NC(C)=O)nc3=O)[C@@H](O)[C@@H]2O[Si](C)(C)C(C)(C)C)(c2ccccc2)c2ccc(OC)cc2)cc1. The van der Waals surface area contributed by atoms with Gasteiger partial charge in [0.25, 0.3) is 0 Å². The van der Waals surface area contributed by atoms with Gasteiger partial charge in [-0.15, -0.1) is 0 Å². The molecule has 50 heavy (non-hydrogen) atoms.